The number of fused-ring (bicyclic) bond motifs is 2. The van der Waals surface area contributed by atoms with Crippen molar-refractivity contribution in [1.29, 1.82) is 0 Å². The molecule has 4 rings (SSSR count). The molecule has 0 unspecified atom stereocenters. The van der Waals surface area contributed by atoms with Gasteiger partial charge in [-0.1, -0.05) is 41.6 Å². The molecule has 0 radical (unpaired) electrons. The Labute approximate surface area is 170 Å². The quantitative estimate of drug-likeness (QED) is 0.263. The summed E-state index contributed by atoms with van der Waals surface area (Å²) in [7, 11) is 1.74. The van der Waals surface area contributed by atoms with E-state index in [0.717, 1.165) is 21.4 Å². The maximum absolute atomic E-state index is 12.5. The predicted octanol–water partition coefficient (Wildman–Crippen LogP) is 5.15. The summed E-state index contributed by atoms with van der Waals surface area (Å²) in [5.41, 5.74) is 2.47. The predicted molar refractivity (Wildman–Crippen MR) is 115 cm³/mol. The Bertz CT molecular complexity index is 1220. The Hall–Kier alpha value is -2.02. The zero-order valence-electron chi connectivity index (χ0n) is 14.8. The van der Waals surface area contributed by atoms with Crippen molar-refractivity contribution in [1.82, 2.24) is 14.5 Å². The van der Waals surface area contributed by atoms with Crippen molar-refractivity contribution in [3.63, 3.8) is 0 Å². The van der Waals surface area contributed by atoms with Gasteiger partial charge in [-0.25, -0.2) is 9.97 Å². The van der Waals surface area contributed by atoms with E-state index >= 15 is 0 Å². The van der Waals surface area contributed by atoms with Crippen molar-refractivity contribution in [2.24, 2.45) is 7.05 Å². The van der Waals surface area contributed by atoms with Crippen molar-refractivity contribution in [2.45, 2.75) is 15.8 Å². The monoisotopic (exact) mass is 413 g/mol. The third kappa shape index (κ3) is 3.57. The first-order chi connectivity index (χ1) is 13.1. The molecule has 136 valence electrons. The van der Waals surface area contributed by atoms with Crippen LogP contribution >= 0.6 is 35.1 Å². The van der Waals surface area contributed by atoms with Gasteiger partial charge in [-0.3, -0.25) is 9.36 Å². The van der Waals surface area contributed by atoms with Gasteiger partial charge in [-0.05, 0) is 36.6 Å². The Balaban J connectivity index is 1.67. The molecule has 0 N–H and O–H groups in total. The van der Waals surface area contributed by atoms with E-state index in [4.69, 9.17) is 11.6 Å². The molecular formula is C20H16ClN3OS2. The first-order valence-electron chi connectivity index (χ1n) is 8.28. The van der Waals surface area contributed by atoms with Crippen LogP contribution < -0.4 is 5.56 Å². The number of nitrogens with zero attached hydrogens (tertiary/aromatic N) is 3. The lowest BCUT2D eigenvalue weighted by Gasteiger charge is -2.10. The molecule has 0 amide bonds. The van der Waals surface area contributed by atoms with Crippen molar-refractivity contribution in [3.05, 3.63) is 69.6 Å². The lowest BCUT2D eigenvalue weighted by Crippen LogP contribution is -2.19. The summed E-state index contributed by atoms with van der Waals surface area (Å²) in [6.45, 7) is 0. The molecule has 27 heavy (non-hydrogen) atoms. The van der Waals surface area contributed by atoms with Gasteiger partial charge in [0, 0.05) is 28.6 Å². The van der Waals surface area contributed by atoms with E-state index in [1.165, 1.54) is 11.8 Å². The van der Waals surface area contributed by atoms with Crippen LogP contribution in [0.3, 0.4) is 0 Å². The molecule has 2 aromatic carbocycles. The van der Waals surface area contributed by atoms with E-state index in [1.54, 1.807) is 29.4 Å². The fraction of sp³-hybridized carbons (Fsp3) is 0.150. The van der Waals surface area contributed by atoms with E-state index in [1.807, 2.05) is 30.5 Å². The highest BCUT2D eigenvalue weighted by molar-refractivity contribution is 7.98. The average molecular weight is 414 g/mol. The van der Waals surface area contributed by atoms with Gasteiger partial charge in [-0.2, -0.15) is 0 Å². The van der Waals surface area contributed by atoms with Gasteiger partial charge < -0.3 is 0 Å². The SMILES string of the molecule is CSc1ccc2cc(CSc3nc4ccccc4c(=O)n3C)c(Cl)nc2c1. The maximum atomic E-state index is 12.5. The van der Waals surface area contributed by atoms with E-state index in [9.17, 15) is 4.79 Å². The van der Waals surface area contributed by atoms with E-state index in [-0.39, 0.29) is 5.56 Å². The van der Waals surface area contributed by atoms with Crippen LogP contribution in [0.25, 0.3) is 21.8 Å². The summed E-state index contributed by atoms with van der Waals surface area (Å²) in [6, 6.07) is 15.6. The van der Waals surface area contributed by atoms with Crippen LogP contribution in [0, 0.1) is 0 Å². The molecule has 4 aromatic rings. The molecule has 0 saturated heterocycles. The van der Waals surface area contributed by atoms with Crippen molar-refractivity contribution in [2.75, 3.05) is 6.26 Å². The van der Waals surface area contributed by atoms with Gasteiger partial charge >= 0.3 is 0 Å². The van der Waals surface area contributed by atoms with Crippen LogP contribution in [0.2, 0.25) is 5.15 Å². The molecule has 0 aliphatic carbocycles. The normalized spacial score (nSPS) is 11.4. The second-order valence-electron chi connectivity index (χ2n) is 6.06. The number of para-hydroxylation sites is 1. The molecule has 4 nitrogen and oxygen atoms in total. The van der Waals surface area contributed by atoms with E-state index in [2.05, 4.69) is 28.2 Å². The summed E-state index contributed by atoms with van der Waals surface area (Å²) >= 11 is 9.57. The fourth-order valence-corrected chi connectivity index (χ4v) is 4.53. The maximum Gasteiger partial charge on any atom is 0.261 e. The first kappa shape index (κ1) is 18.3. The van der Waals surface area contributed by atoms with Crippen LogP contribution in [0.4, 0.5) is 0 Å². The van der Waals surface area contributed by atoms with E-state index in [0.29, 0.717) is 27.0 Å². The topological polar surface area (TPSA) is 47.8 Å². The van der Waals surface area contributed by atoms with Crippen LogP contribution in [-0.4, -0.2) is 20.8 Å². The molecule has 0 aliphatic heterocycles. The molecule has 7 heteroatoms. The Morgan fingerprint density at radius 1 is 1.07 bits per heavy atom. The Morgan fingerprint density at radius 2 is 1.89 bits per heavy atom. The number of halogens is 1. The third-order valence-corrected chi connectivity index (χ3v) is 6.48. The summed E-state index contributed by atoms with van der Waals surface area (Å²) < 4.78 is 1.58. The van der Waals surface area contributed by atoms with Crippen LogP contribution in [0.1, 0.15) is 5.56 Å². The third-order valence-electron chi connectivity index (χ3n) is 4.35. The molecule has 2 aromatic heterocycles. The van der Waals surface area contributed by atoms with Gasteiger partial charge in [0.15, 0.2) is 5.16 Å². The second-order valence-corrected chi connectivity index (χ2v) is 8.24. The largest absolute Gasteiger partial charge is 0.290 e. The Kier molecular flexibility index (Phi) is 5.12. The minimum Gasteiger partial charge on any atom is -0.290 e. The molecule has 0 atom stereocenters. The van der Waals surface area contributed by atoms with Crippen molar-refractivity contribution < 1.29 is 0 Å². The average Bonchev–Trinajstić information content (AvgIpc) is 2.69. The number of hydrogen-bond acceptors (Lipinski definition) is 5. The Morgan fingerprint density at radius 3 is 2.70 bits per heavy atom. The summed E-state index contributed by atoms with van der Waals surface area (Å²) in [4.78, 5) is 22.8. The minimum atomic E-state index is -0.0459. The van der Waals surface area contributed by atoms with Gasteiger partial charge in [0.1, 0.15) is 5.15 Å². The highest BCUT2D eigenvalue weighted by Crippen LogP contribution is 2.29. The van der Waals surface area contributed by atoms with Gasteiger partial charge in [-0.15, -0.1) is 11.8 Å². The van der Waals surface area contributed by atoms with Crippen LogP contribution in [0.5, 0.6) is 0 Å². The zero-order chi connectivity index (χ0) is 19.0. The lowest BCUT2D eigenvalue weighted by molar-refractivity contribution is 0.726. The number of aromatic nitrogens is 3. The molecular weight excluding hydrogens is 398 g/mol. The summed E-state index contributed by atoms with van der Waals surface area (Å²) in [6.07, 6.45) is 2.04. The van der Waals surface area contributed by atoms with E-state index < -0.39 is 0 Å². The van der Waals surface area contributed by atoms with Gasteiger partial charge in [0.2, 0.25) is 0 Å². The number of benzene rings is 2. The van der Waals surface area contributed by atoms with Crippen molar-refractivity contribution in [3.8, 4) is 0 Å². The molecule has 0 aliphatic rings. The molecule has 0 fully saturated rings. The first-order valence-corrected chi connectivity index (χ1v) is 10.9. The highest BCUT2D eigenvalue weighted by atomic mass is 35.5. The van der Waals surface area contributed by atoms with Crippen LogP contribution in [-0.2, 0) is 12.8 Å². The second kappa shape index (κ2) is 7.54. The number of pyridine rings is 1. The summed E-state index contributed by atoms with van der Waals surface area (Å²) in [5.74, 6) is 0.588. The fourth-order valence-electron chi connectivity index (χ4n) is 2.86. The zero-order valence-corrected chi connectivity index (χ0v) is 17.2. The minimum absolute atomic E-state index is 0.0459. The molecule has 0 saturated carbocycles. The highest BCUT2D eigenvalue weighted by Gasteiger charge is 2.11. The smallest absolute Gasteiger partial charge is 0.261 e. The van der Waals surface area contributed by atoms with Crippen LogP contribution in [0.15, 0.2) is 63.4 Å². The molecule has 0 bridgehead atoms. The van der Waals surface area contributed by atoms with Gasteiger partial charge in [0.25, 0.3) is 5.56 Å². The number of hydrogen-bond donors (Lipinski definition) is 0. The van der Waals surface area contributed by atoms with Gasteiger partial charge in [0.05, 0.1) is 16.4 Å². The summed E-state index contributed by atoms with van der Waals surface area (Å²) in [5, 5.41) is 2.82. The van der Waals surface area contributed by atoms with Crippen molar-refractivity contribution >= 4 is 56.9 Å². The standard InChI is InChI=1S/C20H16ClN3OS2/c1-24-19(25)15-5-3-4-6-16(15)23-20(24)27-11-13-9-12-7-8-14(26-2)10-17(12)22-18(13)21/h3-10H,11H2,1-2H3. The number of rotatable bonds is 4. The lowest BCUT2D eigenvalue weighted by atomic mass is 10.2. The number of thioether (sulfide) groups is 2. The molecule has 2 heterocycles. The molecule has 0 spiro atoms.